The second kappa shape index (κ2) is 13.7. The molecule has 0 aliphatic heterocycles. The maximum absolute atomic E-state index is 2.43. The molecule has 0 atom stereocenters. The fourth-order valence-electron chi connectivity index (χ4n) is 7.83. The van der Waals surface area contributed by atoms with E-state index in [1.54, 1.807) is 0 Å². The van der Waals surface area contributed by atoms with E-state index in [4.69, 9.17) is 0 Å². The molecular formula is C52H35NS. The predicted molar refractivity (Wildman–Crippen MR) is 233 cm³/mol. The monoisotopic (exact) mass is 705 g/mol. The average molecular weight is 706 g/mol. The highest BCUT2D eigenvalue weighted by Crippen LogP contribution is 2.46. The van der Waals surface area contributed by atoms with Crippen LogP contribution in [0.15, 0.2) is 212 Å². The Morgan fingerprint density at radius 3 is 1.65 bits per heavy atom. The smallest absolute Gasteiger partial charge is 0.0554 e. The van der Waals surface area contributed by atoms with E-state index in [9.17, 15) is 0 Å². The van der Waals surface area contributed by atoms with Crippen LogP contribution in [0.4, 0.5) is 17.1 Å². The zero-order valence-electron chi connectivity index (χ0n) is 29.6. The van der Waals surface area contributed by atoms with Gasteiger partial charge in [-0.1, -0.05) is 164 Å². The number of hydrogen-bond acceptors (Lipinski definition) is 2. The molecule has 1 nitrogen and oxygen atoms in total. The quantitative estimate of drug-likeness (QED) is 0.160. The van der Waals surface area contributed by atoms with Crippen molar-refractivity contribution in [1.82, 2.24) is 0 Å². The van der Waals surface area contributed by atoms with E-state index in [2.05, 4.69) is 217 Å². The molecule has 0 amide bonds. The second-order valence-corrected chi connectivity index (χ2v) is 14.8. The Hall–Kier alpha value is -6.74. The lowest BCUT2D eigenvalue weighted by atomic mass is 9.95. The Bertz CT molecular complexity index is 2920. The molecule has 2 heteroatoms. The summed E-state index contributed by atoms with van der Waals surface area (Å²) in [6.45, 7) is 0. The van der Waals surface area contributed by atoms with Gasteiger partial charge in [-0.15, -0.1) is 11.3 Å². The second-order valence-electron chi connectivity index (χ2n) is 13.7. The summed E-state index contributed by atoms with van der Waals surface area (Å²) in [5.41, 5.74) is 13.1. The summed E-state index contributed by atoms with van der Waals surface area (Å²) < 4.78 is 2.58. The van der Waals surface area contributed by atoms with Gasteiger partial charge >= 0.3 is 0 Å². The summed E-state index contributed by atoms with van der Waals surface area (Å²) in [7, 11) is 0. The normalized spacial score (nSPS) is 11.3. The van der Waals surface area contributed by atoms with Gasteiger partial charge in [0.05, 0.1) is 5.69 Å². The van der Waals surface area contributed by atoms with Gasteiger partial charge in [-0.05, 0) is 104 Å². The summed E-state index contributed by atoms with van der Waals surface area (Å²) in [5, 5.41) is 5.08. The van der Waals surface area contributed by atoms with Crippen LogP contribution in [-0.2, 0) is 0 Å². The first-order chi connectivity index (χ1) is 26.8. The Morgan fingerprint density at radius 2 is 0.852 bits per heavy atom. The summed E-state index contributed by atoms with van der Waals surface area (Å²) >= 11 is 1.86. The van der Waals surface area contributed by atoms with E-state index in [0.29, 0.717) is 0 Å². The van der Waals surface area contributed by atoms with Crippen LogP contribution in [0.1, 0.15) is 0 Å². The highest BCUT2D eigenvalue weighted by atomic mass is 32.1. The summed E-state index contributed by atoms with van der Waals surface area (Å²) in [5.74, 6) is 0. The third-order valence-corrected chi connectivity index (χ3v) is 11.6. The molecule has 0 spiro atoms. The standard InChI is InChI=1S/C52H35NS/c1-2-12-36(13-3-1)37-26-28-38(29-27-37)39-30-32-44(33-31-39)53(49-23-11-25-51-52(49)48-21-6-7-24-50(48)54-51)45-19-9-17-42(35-45)41-16-8-18-43(34-41)47-22-10-15-40-14-4-5-20-46(40)47/h1-35H. The first kappa shape index (κ1) is 32.0. The minimum atomic E-state index is 1.11. The minimum Gasteiger partial charge on any atom is -0.310 e. The molecule has 1 aromatic heterocycles. The molecule has 0 aliphatic carbocycles. The third kappa shape index (κ3) is 5.84. The number of fused-ring (bicyclic) bond motifs is 4. The van der Waals surface area contributed by atoms with Crippen LogP contribution in [0.25, 0.3) is 75.5 Å². The Morgan fingerprint density at radius 1 is 0.315 bits per heavy atom. The van der Waals surface area contributed by atoms with Gasteiger partial charge in [0.15, 0.2) is 0 Å². The van der Waals surface area contributed by atoms with Crippen molar-refractivity contribution in [3.05, 3.63) is 212 Å². The lowest BCUT2D eigenvalue weighted by molar-refractivity contribution is 1.30. The minimum absolute atomic E-state index is 1.11. The lowest BCUT2D eigenvalue weighted by Crippen LogP contribution is -2.10. The molecule has 0 saturated carbocycles. The first-order valence-electron chi connectivity index (χ1n) is 18.4. The van der Waals surface area contributed by atoms with Crippen molar-refractivity contribution in [2.45, 2.75) is 0 Å². The van der Waals surface area contributed by atoms with Crippen LogP contribution < -0.4 is 4.90 Å². The van der Waals surface area contributed by atoms with E-state index in [0.717, 1.165) is 11.4 Å². The lowest BCUT2D eigenvalue weighted by Gasteiger charge is -2.27. The highest BCUT2D eigenvalue weighted by molar-refractivity contribution is 7.26. The Kier molecular flexibility index (Phi) is 8.09. The van der Waals surface area contributed by atoms with Gasteiger partial charge in [-0.3, -0.25) is 0 Å². The van der Waals surface area contributed by atoms with Crippen molar-refractivity contribution >= 4 is 59.3 Å². The van der Waals surface area contributed by atoms with Crippen LogP contribution >= 0.6 is 11.3 Å². The maximum Gasteiger partial charge on any atom is 0.0554 e. The number of benzene rings is 9. The number of rotatable bonds is 7. The van der Waals surface area contributed by atoms with Crippen molar-refractivity contribution < 1.29 is 0 Å². The predicted octanol–water partition coefficient (Wildman–Crippen LogP) is 15.3. The van der Waals surface area contributed by atoms with Gasteiger partial charge in [-0.25, -0.2) is 0 Å². The molecule has 0 unspecified atom stereocenters. The molecule has 0 saturated heterocycles. The molecule has 0 fully saturated rings. The van der Waals surface area contributed by atoms with Crippen LogP contribution in [0.5, 0.6) is 0 Å². The summed E-state index contributed by atoms with van der Waals surface area (Å²) in [4.78, 5) is 2.43. The van der Waals surface area contributed by atoms with Crippen LogP contribution in [0.3, 0.4) is 0 Å². The van der Waals surface area contributed by atoms with Crippen molar-refractivity contribution in [3.8, 4) is 44.5 Å². The van der Waals surface area contributed by atoms with E-state index in [-0.39, 0.29) is 0 Å². The molecule has 10 rings (SSSR count). The molecule has 10 aromatic rings. The first-order valence-corrected chi connectivity index (χ1v) is 19.2. The van der Waals surface area contributed by atoms with Gasteiger partial charge in [-0.2, -0.15) is 0 Å². The maximum atomic E-state index is 2.43. The van der Waals surface area contributed by atoms with Crippen molar-refractivity contribution in [2.24, 2.45) is 0 Å². The van der Waals surface area contributed by atoms with Gasteiger partial charge in [0.1, 0.15) is 0 Å². The largest absolute Gasteiger partial charge is 0.310 e. The zero-order valence-corrected chi connectivity index (χ0v) is 30.4. The third-order valence-electron chi connectivity index (χ3n) is 10.5. The topological polar surface area (TPSA) is 3.24 Å². The molecule has 54 heavy (non-hydrogen) atoms. The van der Waals surface area contributed by atoms with Crippen molar-refractivity contribution in [3.63, 3.8) is 0 Å². The van der Waals surface area contributed by atoms with Crippen LogP contribution in [-0.4, -0.2) is 0 Å². The van der Waals surface area contributed by atoms with Gasteiger partial charge in [0.2, 0.25) is 0 Å². The average Bonchev–Trinajstić information content (AvgIpc) is 3.64. The fraction of sp³-hybridized carbons (Fsp3) is 0. The van der Waals surface area contributed by atoms with Gasteiger partial charge < -0.3 is 4.90 Å². The Balaban J connectivity index is 1.08. The fourth-order valence-corrected chi connectivity index (χ4v) is 8.95. The SMILES string of the molecule is c1ccc(-c2ccc(-c3ccc(N(c4cccc(-c5cccc(-c6cccc7ccccc67)c5)c4)c4cccc5sc6ccccc6c45)cc3)cc2)cc1. The number of thiophene rings is 1. The number of hydrogen-bond donors (Lipinski definition) is 0. The van der Waals surface area contributed by atoms with Crippen molar-refractivity contribution in [1.29, 1.82) is 0 Å². The van der Waals surface area contributed by atoms with E-state index >= 15 is 0 Å². The van der Waals surface area contributed by atoms with Crippen LogP contribution in [0.2, 0.25) is 0 Å². The van der Waals surface area contributed by atoms with E-state index in [1.807, 2.05) is 11.3 Å². The highest BCUT2D eigenvalue weighted by Gasteiger charge is 2.19. The molecule has 0 bridgehead atoms. The molecule has 9 aromatic carbocycles. The summed E-state index contributed by atoms with van der Waals surface area (Å²) in [6, 6.07) is 77.1. The molecular weight excluding hydrogens is 671 g/mol. The zero-order chi connectivity index (χ0) is 35.8. The van der Waals surface area contributed by atoms with Gasteiger partial charge in [0.25, 0.3) is 0 Å². The Labute approximate surface area is 319 Å². The molecule has 254 valence electrons. The van der Waals surface area contributed by atoms with E-state index < -0.39 is 0 Å². The number of nitrogens with zero attached hydrogens (tertiary/aromatic N) is 1. The number of anilines is 3. The molecule has 0 N–H and O–H groups in total. The molecule has 0 aliphatic rings. The van der Waals surface area contributed by atoms with Gasteiger partial charge in [0, 0.05) is 31.5 Å². The molecule has 0 radical (unpaired) electrons. The van der Waals surface area contributed by atoms with E-state index in [1.165, 1.54) is 81.1 Å². The van der Waals surface area contributed by atoms with Crippen molar-refractivity contribution in [2.75, 3.05) is 4.90 Å². The van der Waals surface area contributed by atoms with Crippen LogP contribution in [0, 0.1) is 0 Å². The molecule has 1 heterocycles. The summed E-state index contributed by atoms with van der Waals surface area (Å²) in [6.07, 6.45) is 0.